The van der Waals surface area contributed by atoms with Crippen molar-refractivity contribution in [3.8, 4) is 102 Å². The van der Waals surface area contributed by atoms with Crippen molar-refractivity contribution in [3.05, 3.63) is 540 Å². The van der Waals surface area contributed by atoms with Crippen molar-refractivity contribution in [2.24, 2.45) is 0 Å². The number of nitrogens with zero attached hydrogens (tertiary/aromatic N) is 8. The first kappa shape index (κ1) is 79.3. The Labute approximate surface area is 836 Å². The number of hydrogen-bond donors (Lipinski definition) is 0. The Hall–Kier alpha value is -18.5. The van der Waals surface area contributed by atoms with E-state index in [0.717, 1.165) is 44.2 Å². The Morgan fingerprint density at radius 3 is 0.752 bits per heavy atom. The summed E-state index contributed by atoms with van der Waals surface area (Å²) in [4.78, 5) is 31.4. The Morgan fingerprint density at radius 1 is 0.152 bits per heavy atom. The normalized spacial score (nSPS) is 16.9. The van der Waals surface area contributed by atoms with Gasteiger partial charge >= 0.3 is 0 Å². The lowest BCUT2D eigenvalue weighted by Gasteiger charge is -2.40. The van der Waals surface area contributed by atoms with E-state index in [2.05, 4.69) is 410 Å². The average Bonchev–Trinajstić information content (AvgIpc) is 1.44. The summed E-state index contributed by atoms with van der Waals surface area (Å²) in [5.41, 5.74) is 31.8. The number of aromatic nitrogens is 8. The van der Waals surface area contributed by atoms with Crippen molar-refractivity contribution in [1.29, 1.82) is 0 Å². The molecule has 5 aromatic heterocycles. The lowest BCUT2D eigenvalue weighted by molar-refractivity contribution is 0.492. The van der Waals surface area contributed by atoms with E-state index in [1.54, 1.807) is 0 Å². The van der Waals surface area contributed by atoms with Crippen LogP contribution in [0.4, 0.5) is 0 Å². The van der Waals surface area contributed by atoms with Crippen LogP contribution in [-0.4, -0.2) is 39.0 Å². The summed E-state index contributed by atoms with van der Waals surface area (Å²) in [6.45, 7) is 0. The van der Waals surface area contributed by atoms with E-state index in [9.17, 15) is 0 Å². The van der Waals surface area contributed by atoms with Crippen LogP contribution < -0.4 is 0 Å². The maximum atomic E-state index is 5.33. The minimum absolute atomic E-state index is 0.574. The van der Waals surface area contributed by atoms with Gasteiger partial charge < -0.3 is 9.13 Å². The van der Waals surface area contributed by atoms with Crippen LogP contribution >= 0.6 is 11.3 Å². The lowest BCUT2D eigenvalue weighted by Crippen LogP contribution is -2.42. The molecule has 0 N–H and O–H groups in total. The average molecular weight is 1860 g/mol. The van der Waals surface area contributed by atoms with Gasteiger partial charge in [0.25, 0.3) is 0 Å². The van der Waals surface area contributed by atoms with Gasteiger partial charge in [-0.25, -0.2) is 29.9 Å². The van der Waals surface area contributed by atoms with Gasteiger partial charge in [-0.3, -0.25) is 0 Å². The Bertz CT molecular complexity index is 10300. The van der Waals surface area contributed by atoms with Gasteiger partial charge in [0.1, 0.15) is 0 Å². The summed E-state index contributed by atoms with van der Waals surface area (Å²) < 4.78 is 7.65. The highest BCUT2D eigenvalue weighted by molar-refractivity contribution is 7.26. The van der Waals surface area contributed by atoms with Gasteiger partial charge in [0.05, 0.1) is 55.1 Å². The quantitative estimate of drug-likeness (QED) is 0.136. The molecule has 0 spiro atoms. The Balaban J connectivity index is 0.000000128. The van der Waals surface area contributed by atoms with Gasteiger partial charge in [-0.05, 0) is 180 Å². The molecule has 9 heteroatoms. The van der Waals surface area contributed by atoms with Crippen LogP contribution in [0.2, 0.25) is 0 Å². The monoisotopic (exact) mass is 1850 g/mol. The number of rotatable bonds is 10. The second-order valence-corrected chi connectivity index (χ2v) is 40.8. The zero-order valence-electron chi connectivity index (χ0n) is 78.0. The van der Waals surface area contributed by atoms with Crippen LogP contribution in [-0.2, 0) is 21.7 Å². The number of hydrogen-bond acceptors (Lipinski definition) is 7. The zero-order valence-corrected chi connectivity index (χ0v) is 78.8. The fourth-order valence-electron chi connectivity index (χ4n) is 28.4. The molecule has 4 atom stereocenters. The largest absolute Gasteiger partial charge is 0.309 e. The van der Waals surface area contributed by atoms with Crippen molar-refractivity contribution in [2.75, 3.05) is 0 Å². The van der Waals surface area contributed by atoms with Crippen LogP contribution in [0.25, 0.3) is 230 Å². The molecule has 0 aliphatic heterocycles. The van der Waals surface area contributed by atoms with Gasteiger partial charge in [-0.15, -0.1) is 11.3 Å². The SMILES string of the molecule is c1ccc(-c2nc(-c3ccccc3)nc(-c3ccc4c5c(cccc35)C35c6cccc7c(-c8cccc9c8sc8ccccc89)ccc(c67)C43c3ccc(-n4c6ccccc6c6ccccc64)c4cccc5c34)n2)cc1.c1ccc(-c2nc(-c3ccccc3)nc(-c3ccc4c5c(cccc35)C35c6cccc7c(-c8ccccc8)ccc(c67)C43c3ccc(-n4c6ccccc6c6ccccc64)c4cccc5c34)n2)cc1. The standard InChI is InChI=1S/C71H40N4S.C65H38N4/c1-3-17-41(18-4-1)67-72-68(42-19-5-2-6-20-42)74-69(73-67)51-36-38-57-64-48(51)25-15-30-54(64)70-53-29-14-24-47-43(49-26-13-27-50-46-23-9-12-34-62(46)76-66(49)50)35-37-56(63(47)53)71(57,70)58-39-40-61(52-28-16-31-55(70)65(52)58)75-59-32-10-7-21-44(59)45-22-8-11-33-60(45)75;1-4-17-39(18-5-1)42-33-35-52-58-45(42)25-14-28-49(58)64-50-29-15-26-46-47(63-67-61(40-19-6-2-7-20-40)66-62(68-63)41-21-8-3-9-22-41)34-36-53(59(46)50)65(52,64)54-37-38-57(48-27-16-30-51(64)60(48)54)69-55-31-12-10-23-43(55)44-24-11-13-32-56(44)69/h1-40H;1-38H. The predicted octanol–water partition coefficient (Wildman–Crippen LogP) is 33.2. The molecule has 0 saturated carbocycles. The molecule has 4 unspecified atom stereocenters. The summed E-state index contributed by atoms with van der Waals surface area (Å²) >= 11 is 1.90. The molecule has 6 aliphatic carbocycles. The van der Waals surface area contributed by atoms with Crippen molar-refractivity contribution in [1.82, 2.24) is 39.0 Å². The molecule has 8 nitrogen and oxygen atoms in total. The second-order valence-electron chi connectivity index (χ2n) is 39.7. The molecule has 145 heavy (non-hydrogen) atoms. The van der Waals surface area contributed by atoms with Gasteiger partial charge in [-0.2, -0.15) is 0 Å². The van der Waals surface area contributed by atoms with Crippen LogP contribution in [0.15, 0.2) is 473 Å². The number of benzene rings is 23. The maximum absolute atomic E-state index is 5.33. The van der Waals surface area contributed by atoms with Crippen molar-refractivity contribution in [3.63, 3.8) is 0 Å². The Morgan fingerprint density at radius 2 is 0.393 bits per heavy atom. The van der Waals surface area contributed by atoms with Crippen molar-refractivity contribution >= 4 is 140 Å². The minimum Gasteiger partial charge on any atom is -0.309 e. The first-order valence-electron chi connectivity index (χ1n) is 50.0. The van der Waals surface area contributed by atoms with Crippen LogP contribution in [0, 0.1) is 0 Å². The Kier molecular flexibility index (Phi) is 15.9. The molecule has 23 aromatic carbocycles. The van der Waals surface area contributed by atoms with E-state index in [1.165, 1.54) is 218 Å². The molecule has 28 aromatic rings. The van der Waals surface area contributed by atoms with Crippen LogP contribution in [0.1, 0.15) is 66.8 Å². The highest BCUT2D eigenvalue weighted by Crippen LogP contribution is 2.79. The molecular formula is C136H78N8S. The first-order valence-corrected chi connectivity index (χ1v) is 50.9. The van der Waals surface area contributed by atoms with E-state index in [0.29, 0.717) is 34.9 Å². The van der Waals surface area contributed by atoms with E-state index >= 15 is 0 Å². The van der Waals surface area contributed by atoms with Gasteiger partial charge in [0, 0.05) is 91.4 Å². The fraction of sp³-hybridized carbons (Fsp3) is 0.0294. The topological polar surface area (TPSA) is 87.2 Å². The van der Waals surface area contributed by atoms with Gasteiger partial charge in [0.15, 0.2) is 34.9 Å². The first-order chi connectivity index (χ1) is 72.0. The lowest BCUT2D eigenvalue weighted by atomic mass is 9.59. The maximum Gasteiger partial charge on any atom is 0.164 e. The molecule has 34 rings (SSSR count). The number of para-hydroxylation sites is 4. The fourth-order valence-corrected chi connectivity index (χ4v) is 29.6. The summed E-state index contributed by atoms with van der Waals surface area (Å²) in [7, 11) is 0. The molecule has 0 amide bonds. The minimum atomic E-state index is -0.609. The molecule has 5 heterocycles. The molecule has 0 bridgehead atoms. The predicted molar refractivity (Wildman–Crippen MR) is 595 cm³/mol. The van der Waals surface area contributed by atoms with Crippen LogP contribution in [0.5, 0.6) is 0 Å². The summed E-state index contributed by atoms with van der Waals surface area (Å²) in [5.74, 6) is 3.94. The summed E-state index contributed by atoms with van der Waals surface area (Å²) in [5, 5.41) is 23.0. The third-order valence-corrected chi connectivity index (χ3v) is 34.7. The molecule has 6 aliphatic rings. The third-order valence-electron chi connectivity index (χ3n) is 33.5. The molecule has 668 valence electrons. The van der Waals surface area contributed by atoms with E-state index in [4.69, 9.17) is 29.9 Å². The smallest absolute Gasteiger partial charge is 0.164 e. The molecule has 0 saturated heterocycles. The summed E-state index contributed by atoms with van der Waals surface area (Å²) in [6.07, 6.45) is 0. The van der Waals surface area contributed by atoms with E-state index < -0.39 is 21.7 Å². The molecule has 0 fully saturated rings. The zero-order chi connectivity index (χ0) is 94.4. The van der Waals surface area contributed by atoms with Crippen LogP contribution in [0.3, 0.4) is 0 Å². The van der Waals surface area contributed by atoms with Crippen molar-refractivity contribution < 1.29 is 0 Å². The van der Waals surface area contributed by atoms with Gasteiger partial charge in [-0.1, -0.05) is 431 Å². The van der Waals surface area contributed by atoms with E-state index in [-0.39, 0.29) is 0 Å². The number of thiophene rings is 1. The second kappa shape index (κ2) is 29.1. The summed E-state index contributed by atoms with van der Waals surface area (Å²) in [6, 6.07) is 175. The highest BCUT2D eigenvalue weighted by atomic mass is 32.1. The molecule has 0 radical (unpaired) electrons. The van der Waals surface area contributed by atoms with Gasteiger partial charge in [0.2, 0.25) is 0 Å². The number of fused-ring (bicyclic) bond motifs is 9. The third kappa shape index (κ3) is 9.95. The van der Waals surface area contributed by atoms with E-state index in [1.807, 2.05) is 84.1 Å². The van der Waals surface area contributed by atoms with Crippen molar-refractivity contribution in [2.45, 2.75) is 21.7 Å². The molecular weight excluding hydrogens is 1780 g/mol. The highest BCUT2D eigenvalue weighted by Gasteiger charge is 2.72.